The number of aromatic amines is 1. The third-order valence-electron chi connectivity index (χ3n) is 3.74. The van der Waals surface area contributed by atoms with Gasteiger partial charge in [0.05, 0.1) is 17.8 Å². The van der Waals surface area contributed by atoms with Crippen LogP contribution in [-0.2, 0) is 7.05 Å². The number of nitriles is 1. The number of aromatic nitrogens is 2. The largest absolute Gasteiger partial charge is 0.455 e. The summed E-state index contributed by atoms with van der Waals surface area (Å²) in [7, 11) is 2.99. The number of benzene rings is 1. The summed E-state index contributed by atoms with van der Waals surface area (Å²) in [6.45, 7) is 0. The number of H-pyrrole nitrogens is 1. The van der Waals surface area contributed by atoms with Gasteiger partial charge in [-0.05, 0) is 24.3 Å². The normalized spacial score (nSPS) is 10.8. The van der Waals surface area contributed by atoms with Crippen LogP contribution in [0.15, 0.2) is 61.6 Å². The molecule has 1 aromatic carbocycles. The van der Waals surface area contributed by atoms with Crippen molar-refractivity contribution in [2.75, 3.05) is 12.1 Å². The fourth-order valence-corrected chi connectivity index (χ4v) is 2.24. The smallest absolute Gasteiger partial charge is 0.329 e. The van der Waals surface area contributed by atoms with Crippen molar-refractivity contribution in [3.63, 3.8) is 0 Å². The molecule has 0 unspecified atom stereocenters. The molecule has 26 heavy (non-hydrogen) atoms. The van der Waals surface area contributed by atoms with E-state index in [0.717, 1.165) is 10.1 Å². The highest BCUT2D eigenvalue weighted by Crippen LogP contribution is 2.22. The zero-order valence-corrected chi connectivity index (χ0v) is 14.1. The van der Waals surface area contributed by atoms with Crippen LogP contribution in [0.1, 0.15) is 11.3 Å². The number of furan rings is 1. The Balaban J connectivity index is 1.81. The second kappa shape index (κ2) is 6.94. The van der Waals surface area contributed by atoms with Crippen LogP contribution in [0, 0.1) is 11.3 Å². The van der Waals surface area contributed by atoms with Crippen LogP contribution in [0.5, 0.6) is 0 Å². The van der Waals surface area contributed by atoms with Gasteiger partial charge in [-0.25, -0.2) is 4.79 Å². The van der Waals surface area contributed by atoms with E-state index in [1.807, 2.05) is 6.07 Å². The summed E-state index contributed by atoms with van der Waals surface area (Å²) < 4.78 is 6.67. The van der Waals surface area contributed by atoms with Crippen LogP contribution in [0.25, 0.3) is 11.3 Å². The molecule has 0 aliphatic heterocycles. The molecule has 1 N–H and O–H groups in total. The second-order valence-corrected chi connectivity index (χ2v) is 5.52. The quantitative estimate of drug-likeness (QED) is 0.569. The lowest BCUT2D eigenvalue weighted by Gasteiger charge is -2.11. The van der Waals surface area contributed by atoms with Gasteiger partial charge in [0.25, 0.3) is 5.56 Å². The van der Waals surface area contributed by atoms with E-state index >= 15 is 0 Å². The first-order valence-electron chi connectivity index (χ1n) is 7.66. The van der Waals surface area contributed by atoms with Gasteiger partial charge in [-0.15, -0.1) is 0 Å². The number of hydrogen-bond acceptors (Lipinski definition) is 6. The van der Waals surface area contributed by atoms with E-state index in [4.69, 9.17) is 9.68 Å². The van der Waals surface area contributed by atoms with Crippen molar-refractivity contribution in [2.24, 2.45) is 12.1 Å². The van der Waals surface area contributed by atoms with Crippen molar-refractivity contribution < 1.29 is 4.42 Å². The van der Waals surface area contributed by atoms with Crippen LogP contribution in [0.4, 0.5) is 5.82 Å². The summed E-state index contributed by atoms with van der Waals surface area (Å²) in [6.07, 6.45) is 1.47. The first-order chi connectivity index (χ1) is 12.5. The van der Waals surface area contributed by atoms with E-state index < -0.39 is 11.2 Å². The Morgan fingerprint density at radius 2 is 2.08 bits per heavy atom. The predicted octanol–water partition coefficient (Wildman–Crippen LogP) is 1.68. The first kappa shape index (κ1) is 17.0. The minimum atomic E-state index is -0.521. The van der Waals surface area contributed by atoms with Crippen molar-refractivity contribution in [1.29, 1.82) is 5.26 Å². The lowest BCUT2D eigenvalue weighted by Crippen LogP contribution is -2.33. The summed E-state index contributed by atoms with van der Waals surface area (Å²) in [5.41, 5.74) is 0.382. The molecule has 130 valence electrons. The van der Waals surface area contributed by atoms with Gasteiger partial charge < -0.3 is 4.42 Å². The summed E-state index contributed by atoms with van der Waals surface area (Å²) in [5, 5.41) is 14.5. The van der Waals surface area contributed by atoms with E-state index in [-0.39, 0.29) is 5.82 Å². The van der Waals surface area contributed by atoms with E-state index in [9.17, 15) is 9.59 Å². The molecule has 0 fully saturated rings. The third-order valence-corrected chi connectivity index (χ3v) is 3.74. The molecule has 3 rings (SSSR count). The highest BCUT2D eigenvalue weighted by molar-refractivity contribution is 5.78. The van der Waals surface area contributed by atoms with E-state index in [2.05, 4.69) is 16.2 Å². The molecule has 0 saturated carbocycles. The summed E-state index contributed by atoms with van der Waals surface area (Å²) in [5.74, 6) is 1.36. The van der Waals surface area contributed by atoms with Crippen LogP contribution < -0.4 is 16.3 Å². The molecule has 0 saturated heterocycles. The van der Waals surface area contributed by atoms with Crippen LogP contribution in [0.2, 0.25) is 0 Å². The lowest BCUT2D eigenvalue weighted by molar-refractivity contribution is 0.574. The number of hydrazone groups is 1. The van der Waals surface area contributed by atoms with Gasteiger partial charge in [0.2, 0.25) is 0 Å². The van der Waals surface area contributed by atoms with Crippen LogP contribution in [0.3, 0.4) is 0 Å². The number of nitrogens with one attached hydrogen (secondary N) is 1. The first-order valence-corrected chi connectivity index (χ1v) is 7.66. The summed E-state index contributed by atoms with van der Waals surface area (Å²) in [4.78, 5) is 25.9. The number of anilines is 1. The minimum absolute atomic E-state index is 0.267. The van der Waals surface area contributed by atoms with Gasteiger partial charge in [-0.3, -0.25) is 19.4 Å². The maximum Gasteiger partial charge on any atom is 0.329 e. The highest BCUT2D eigenvalue weighted by Gasteiger charge is 2.06. The zero-order valence-electron chi connectivity index (χ0n) is 14.1. The average molecular weight is 349 g/mol. The van der Waals surface area contributed by atoms with Gasteiger partial charge in [0, 0.05) is 25.7 Å². The zero-order chi connectivity index (χ0) is 18.7. The number of nitrogens with zero attached hydrogens (tertiary/aromatic N) is 4. The molecule has 0 aliphatic rings. The lowest BCUT2D eigenvalue weighted by atomic mass is 10.1. The molecular formula is C18H15N5O3. The topological polar surface area (TPSA) is 107 Å². The van der Waals surface area contributed by atoms with Crippen molar-refractivity contribution in [3.8, 4) is 17.4 Å². The summed E-state index contributed by atoms with van der Waals surface area (Å²) in [6, 6.07) is 13.9. The van der Waals surface area contributed by atoms with Crippen LogP contribution >= 0.6 is 0 Å². The Kier molecular flexibility index (Phi) is 4.53. The average Bonchev–Trinajstić information content (AvgIpc) is 3.13. The van der Waals surface area contributed by atoms with Crippen molar-refractivity contribution in [2.45, 2.75) is 0 Å². The SMILES string of the molecule is CN(N=Cc1ccc(-c2cccc(C#N)c2)o1)c1cc(=O)n(C)c(=O)[nH]1. The van der Waals surface area contributed by atoms with Gasteiger partial charge in [0.1, 0.15) is 17.3 Å². The number of hydrogen-bond donors (Lipinski definition) is 1. The van der Waals surface area contributed by atoms with E-state index in [1.54, 1.807) is 37.4 Å². The Hall–Kier alpha value is -3.86. The van der Waals surface area contributed by atoms with Crippen molar-refractivity contribution in [3.05, 3.63) is 74.6 Å². The highest BCUT2D eigenvalue weighted by atomic mass is 16.3. The van der Waals surface area contributed by atoms with Crippen LogP contribution in [-0.4, -0.2) is 22.8 Å². The maximum atomic E-state index is 11.7. The maximum absolute atomic E-state index is 11.7. The molecule has 0 atom stereocenters. The van der Waals surface area contributed by atoms with Crippen molar-refractivity contribution in [1.82, 2.24) is 9.55 Å². The Morgan fingerprint density at radius 3 is 2.81 bits per heavy atom. The summed E-state index contributed by atoms with van der Waals surface area (Å²) >= 11 is 0. The minimum Gasteiger partial charge on any atom is -0.455 e. The fourth-order valence-electron chi connectivity index (χ4n) is 2.24. The van der Waals surface area contributed by atoms with Gasteiger partial charge in [-0.1, -0.05) is 12.1 Å². The van der Waals surface area contributed by atoms with Gasteiger partial charge in [-0.2, -0.15) is 10.4 Å². The molecule has 8 nitrogen and oxygen atoms in total. The molecular weight excluding hydrogens is 334 g/mol. The molecule has 2 heterocycles. The Labute approximate surface area is 148 Å². The molecule has 0 amide bonds. The molecule has 0 aliphatic carbocycles. The second-order valence-electron chi connectivity index (χ2n) is 5.52. The molecule has 0 spiro atoms. The number of rotatable bonds is 4. The predicted molar refractivity (Wildman–Crippen MR) is 97.2 cm³/mol. The molecule has 0 bridgehead atoms. The van der Waals surface area contributed by atoms with Gasteiger partial charge >= 0.3 is 5.69 Å². The van der Waals surface area contributed by atoms with E-state index in [1.165, 1.54) is 24.3 Å². The fraction of sp³-hybridized carbons (Fsp3) is 0.111. The molecule has 2 aromatic heterocycles. The van der Waals surface area contributed by atoms with Crippen molar-refractivity contribution >= 4 is 12.0 Å². The van der Waals surface area contributed by atoms with E-state index in [0.29, 0.717) is 17.1 Å². The molecule has 0 radical (unpaired) electrons. The Bertz CT molecular complexity index is 1100. The molecule has 8 heteroatoms. The Morgan fingerprint density at radius 1 is 1.27 bits per heavy atom. The van der Waals surface area contributed by atoms with Gasteiger partial charge in [0.15, 0.2) is 0 Å². The monoisotopic (exact) mass is 349 g/mol. The third kappa shape index (κ3) is 3.47. The molecule has 3 aromatic rings. The standard InChI is InChI=1S/C18H15N5O3/c1-22-17(24)9-16(21-18(22)25)23(2)20-11-14-6-7-15(26-14)13-5-3-4-12(8-13)10-19/h3-9,11H,1-2H3,(H,21,25).